The number of amides is 1. The second kappa shape index (κ2) is 9.25. The van der Waals surface area contributed by atoms with E-state index in [9.17, 15) is 4.79 Å². The fourth-order valence-electron chi connectivity index (χ4n) is 1.90. The van der Waals surface area contributed by atoms with E-state index in [1.165, 1.54) is 6.20 Å². The van der Waals surface area contributed by atoms with Crippen LogP contribution in [0.25, 0.3) is 0 Å². The summed E-state index contributed by atoms with van der Waals surface area (Å²) in [5.41, 5.74) is 0.315. The quantitative estimate of drug-likeness (QED) is 0.733. The molecule has 0 radical (unpaired) electrons. The van der Waals surface area contributed by atoms with Gasteiger partial charge in [0.05, 0.1) is 31.6 Å². The summed E-state index contributed by atoms with van der Waals surface area (Å²) < 4.78 is 10.2. The van der Waals surface area contributed by atoms with Crippen LogP contribution in [-0.4, -0.2) is 67.3 Å². The molecule has 7 heteroatoms. The number of aromatic nitrogens is 2. The van der Waals surface area contributed by atoms with E-state index >= 15 is 0 Å². The van der Waals surface area contributed by atoms with Crippen LogP contribution in [0, 0.1) is 0 Å². The Morgan fingerprint density at radius 2 is 2.10 bits per heavy atom. The summed E-state index contributed by atoms with van der Waals surface area (Å²) in [4.78, 5) is 22.6. The zero-order chi connectivity index (χ0) is 15.7. The lowest BCUT2D eigenvalue weighted by atomic mass is 10.2. The monoisotopic (exact) mass is 296 g/mol. The number of anilines is 1. The topological polar surface area (TPSA) is 76.6 Å². The number of rotatable bonds is 9. The van der Waals surface area contributed by atoms with Crippen LogP contribution >= 0.6 is 0 Å². The molecule has 1 N–H and O–H groups in total. The number of carbonyl (C=O) groups excluding carboxylic acids is 1. The summed E-state index contributed by atoms with van der Waals surface area (Å²) in [5, 5.41) is 3.04. The van der Waals surface area contributed by atoms with Gasteiger partial charge in [-0.25, -0.2) is 9.97 Å². The lowest BCUT2D eigenvalue weighted by Gasteiger charge is -2.28. The number of nitrogens with zero attached hydrogens (tertiary/aromatic N) is 3. The predicted octanol–water partition coefficient (Wildman–Crippen LogP) is 1.03. The molecule has 1 heterocycles. The van der Waals surface area contributed by atoms with Crippen LogP contribution in [-0.2, 0) is 9.47 Å². The van der Waals surface area contributed by atoms with Gasteiger partial charge in [0.25, 0.3) is 5.91 Å². The van der Waals surface area contributed by atoms with Gasteiger partial charge in [-0.05, 0) is 13.8 Å². The van der Waals surface area contributed by atoms with E-state index in [0.717, 1.165) is 6.54 Å². The van der Waals surface area contributed by atoms with Gasteiger partial charge in [-0.1, -0.05) is 0 Å². The summed E-state index contributed by atoms with van der Waals surface area (Å²) in [6, 6.07) is -0.0621. The number of ether oxygens (including phenoxy) is 2. The van der Waals surface area contributed by atoms with Crippen molar-refractivity contribution in [2.75, 3.05) is 45.8 Å². The molecule has 0 aliphatic rings. The molecule has 1 rings (SSSR count). The summed E-state index contributed by atoms with van der Waals surface area (Å²) in [7, 11) is 3.22. The summed E-state index contributed by atoms with van der Waals surface area (Å²) in [6.07, 6.45) is 3.05. The molecule has 0 saturated carbocycles. The number of hydrogen-bond donors (Lipinski definition) is 1. The smallest absolute Gasteiger partial charge is 0.274 e. The number of methoxy groups -OCH3 is 2. The summed E-state index contributed by atoms with van der Waals surface area (Å²) >= 11 is 0. The highest BCUT2D eigenvalue weighted by Gasteiger charge is 2.22. The van der Waals surface area contributed by atoms with E-state index in [0.29, 0.717) is 31.3 Å². The molecule has 0 fully saturated rings. The largest absolute Gasteiger partial charge is 0.383 e. The normalized spacial score (nSPS) is 12.0. The molecule has 7 nitrogen and oxygen atoms in total. The third-order valence-electron chi connectivity index (χ3n) is 2.97. The van der Waals surface area contributed by atoms with E-state index in [1.54, 1.807) is 25.3 Å². The van der Waals surface area contributed by atoms with E-state index in [2.05, 4.69) is 15.3 Å². The van der Waals surface area contributed by atoms with Crippen molar-refractivity contribution in [1.29, 1.82) is 0 Å². The van der Waals surface area contributed by atoms with Crippen LogP contribution in [0.2, 0.25) is 0 Å². The number of nitrogens with one attached hydrogen (secondary N) is 1. The lowest BCUT2D eigenvalue weighted by Crippen LogP contribution is -2.43. The van der Waals surface area contributed by atoms with E-state index in [-0.39, 0.29) is 11.9 Å². The Morgan fingerprint density at radius 1 is 1.33 bits per heavy atom. The Labute approximate surface area is 125 Å². The van der Waals surface area contributed by atoms with Crippen molar-refractivity contribution < 1.29 is 14.3 Å². The van der Waals surface area contributed by atoms with Gasteiger partial charge in [0, 0.05) is 27.3 Å². The minimum Gasteiger partial charge on any atom is -0.383 e. The fourth-order valence-corrected chi connectivity index (χ4v) is 1.90. The van der Waals surface area contributed by atoms with Gasteiger partial charge >= 0.3 is 0 Å². The standard InChI is InChI=1S/C14H24N4O3/c1-5-15-13-9-16-12(8-17-13)14(19)18(6-7-20-3)11(2)10-21-4/h8-9,11H,5-7,10H2,1-4H3,(H,15,17). The number of hydrogen-bond acceptors (Lipinski definition) is 6. The van der Waals surface area contributed by atoms with Crippen molar-refractivity contribution in [2.45, 2.75) is 19.9 Å². The van der Waals surface area contributed by atoms with Crippen LogP contribution in [0.1, 0.15) is 24.3 Å². The average molecular weight is 296 g/mol. The molecule has 0 aliphatic carbocycles. The van der Waals surface area contributed by atoms with Gasteiger partial charge in [-0.2, -0.15) is 0 Å². The van der Waals surface area contributed by atoms with Crippen molar-refractivity contribution >= 4 is 11.7 Å². The van der Waals surface area contributed by atoms with E-state index < -0.39 is 0 Å². The van der Waals surface area contributed by atoms with E-state index in [1.807, 2.05) is 13.8 Å². The van der Waals surface area contributed by atoms with Crippen LogP contribution in [0.3, 0.4) is 0 Å². The Hall–Kier alpha value is -1.73. The van der Waals surface area contributed by atoms with Crippen molar-refractivity contribution in [3.05, 3.63) is 18.1 Å². The molecule has 1 aromatic rings. The first kappa shape index (κ1) is 17.3. The highest BCUT2D eigenvalue weighted by Crippen LogP contribution is 2.08. The second-order valence-electron chi connectivity index (χ2n) is 4.61. The Balaban J connectivity index is 2.82. The molecule has 0 bridgehead atoms. The third-order valence-corrected chi connectivity index (χ3v) is 2.97. The SMILES string of the molecule is CCNc1cnc(C(=O)N(CCOC)C(C)COC)cn1. The zero-order valence-electron chi connectivity index (χ0n) is 13.1. The van der Waals surface area contributed by atoms with E-state index in [4.69, 9.17) is 9.47 Å². The van der Waals surface area contributed by atoms with Crippen LogP contribution in [0.4, 0.5) is 5.82 Å². The molecule has 0 saturated heterocycles. The molecule has 118 valence electrons. The van der Waals surface area contributed by atoms with Gasteiger partial charge in [0.15, 0.2) is 0 Å². The minimum absolute atomic E-state index is 0.0621. The molecule has 1 unspecified atom stereocenters. The molecule has 0 spiro atoms. The van der Waals surface area contributed by atoms with Crippen molar-refractivity contribution in [3.8, 4) is 0 Å². The first-order chi connectivity index (χ1) is 10.1. The maximum atomic E-state index is 12.5. The van der Waals surface area contributed by atoms with Crippen LogP contribution < -0.4 is 5.32 Å². The molecular formula is C14H24N4O3. The van der Waals surface area contributed by atoms with Crippen molar-refractivity contribution in [3.63, 3.8) is 0 Å². The highest BCUT2D eigenvalue weighted by atomic mass is 16.5. The van der Waals surface area contributed by atoms with Crippen LogP contribution in [0.5, 0.6) is 0 Å². The molecule has 1 aromatic heterocycles. The van der Waals surface area contributed by atoms with Crippen LogP contribution in [0.15, 0.2) is 12.4 Å². The van der Waals surface area contributed by atoms with Gasteiger partial charge in [0.2, 0.25) is 0 Å². The molecular weight excluding hydrogens is 272 g/mol. The fraction of sp³-hybridized carbons (Fsp3) is 0.643. The average Bonchev–Trinajstić information content (AvgIpc) is 2.49. The molecule has 1 amide bonds. The van der Waals surface area contributed by atoms with Crippen molar-refractivity contribution in [1.82, 2.24) is 14.9 Å². The van der Waals surface area contributed by atoms with Gasteiger partial charge in [-0.15, -0.1) is 0 Å². The Morgan fingerprint density at radius 3 is 2.62 bits per heavy atom. The first-order valence-corrected chi connectivity index (χ1v) is 6.98. The third kappa shape index (κ3) is 5.28. The summed E-state index contributed by atoms with van der Waals surface area (Å²) in [5.74, 6) is 0.481. The highest BCUT2D eigenvalue weighted by molar-refractivity contribution is 5.92. The Bertz CT molecular complexity index is 425. The second-order valence-corrected chi connectivity index (χ2v) is 4.61. The molecule has 21 heavy (non-hydrogen) atoms. The molecule has 0 aromatic carbocycles. The maximum Gasteiger partial charge on any atom is 0.274 e. The van der Waals surface area contributed by atoms with Gasteiger partial charge in [-0.3, -0.25) is 4.79 Å². The molecule has 0 aliphatic heterocycles. The Kier molecular flexibility index (Phi) is 7.63. The summed E-state index contributed by atoms with van der Waals surface area (Å²) in [6.45, 7) is 6.06. The van der Waals surface area contributed by atoms with Crippen molar-refractivity contribution in [2.24, 2.45) is 0 Å². The maximum absolute atomic E-state index is 12.5. The number of carbonyl (C=O) groups is 1. The zero-order valence-corrected chi connectivity index (χ0v) is 13.1. The van der Waals surface area contributed by atoms with Gasteiger partial charge in [0.1, 0.15) is 11.5 Å². The molecule has 1 atom stereocenters. The van der Waals surface area contributed by atoms with Gasteiger partial charge < -0.3 is 19.7 Å². The predicted molar refractivity (Wildman–Crippen MR) is 80.4 cm³/mol. The first-order valence-electron chi connectivity index (χ1n) is 6.98. The minimum atomic E-state index is -0.174. The lowest BCUT2D eigenvalue weighted by molar-refractivity contribution is 0.0474.